The van der Waals surface area contributed by atoms with Gasteiger partial charge in [0.15, 0.2) is 11.5 Å². The van der Waals surface area contributed by atoms with Crippen LogP contribution in [-0.2, 0) is 6.61 Å². The lowest BCUT2D eigenvalue weighted by atomic mass is 10.1. The van der Waals surface area contributed by atoms with Crippen LogP contribution in [0.5, 0.6) is 11.5 Å². The van der Waals surface area contributed by atoms with Crippen LogP contribution in [0.2, 0.25) is 0 Å². The molecule has 0 aliphatic heterocycles. The van der Waals surface area contributed by atoms with Crippen LogP contribution in [0.15, 0.2) is 76.3 Å². The Hall–Kier alpha value is -3.63. The number of amides is 1. The summed E-state index contributed by atoms with van der Waals surface area (Å²) in [6, 6.07) is 21.8. The van der Waals surface area contributed by atoms with Crippen LogP contribution in [0.4, 0.5) is 0 Å². The Morgan fingerprint density at radius 1 is 1.13 bits per heavy atom. The Morgan fingerprint density at radius 2 is 1.97 bits per heavy atom. The largest absolute Gasteiger partial charge is 0.493 e. The molecular formula is C23H18BrN3O3. The van der Waals surface area contributed by atoms with Crippen molar-refractivity contribution >= 4 is 28.1 Å². The molecule has 150 valence electrons. The van der Waals surface area contributed by atoms with Crippen molar-refractivity contribution in [2.45, 2.75) is 6.61 Å². The van der Waals surface area contributed by atoms with E-state index >= 15 is 0 Å². The summed E-state index contributed by atoms with van der Waals surface area (Å²) in [5.74, 6) is 0.784. The van der Waals surface area contributed by atoms with Crippen LogP contribution in [0, 0.1) is 11.3 Å². The second-order valence-corrected chi connectivity index (χ2v) is 7.04. The van der Waals surface area contributed by atoms with Gasteiger partial charge in [0, 0.05) is 4.47 Å². The predicted molar refractivity (Wildman–Crippen MR) is 118 cm³/mol. The van der Waals surface area contributed by atoms with Gasteiger partial charge in [-0.2, -0.15) is 10.4 Å². The number of ether oxygens (including phenoxy) is 2. The minimum Gasteiger partial charge on any atom is -0.493 e. The van der Waals surface area contributed by atoms with E-state index in [0.717, 1.165) is 11.1 Å². The number of rotatable bonds is 7. The van der Waals surface area contributed by atoms with Gasteiger partial charge in [0.2, 0.25) is 0 Å². The van der Waals surface area contributed by atoms with Crippen molar-refractivity contribution in [1.82, 2.24) is 5.43 Å². The first kappa shape index (κ1) is 21.1. The zero-order valence-corrected chi connectivity index (χ0v) is 17.7. The molecule has 3 aromatic rings. The van der Waals surface area contributed by atoms with Crippen LogP contribution in [0.25, 0.3) is 0 Å². The van der Waals surface area contributed by atoms with Gasteiger partial charge in [-0.05, 0) is 69.5 Å². The van der Waals surface area contributed by atoms with Gasteiger partial charge in [0.05, 0.1) is 30.5 Å². The fraction of sp³-hybridized carbons (Fsp3) is 0.0870. The third kappa shape index (κ3) is 5.46. The third-order valence-electron chi connectivity index (χ3n) is 4.14. The number of nitriles is 1. The quantitative estimate of drug-likeness (QED) is 0.407. The van der Waals surface area contributed by atoms with Gasteiger partial charge in [-0.1, -0.05) is 24.3 Å². The number of carbonyl (C=O) groups excluding carboxylic acids is 1. The molecule has 1 amide bonds. The number of hydrazone groups is 1. The first-order valence-corrected chi connectivity index (χ1v) is 9.78. The van der Waals surface area contributed by atoms with Crippen LogP contribution >= 0.6 is 15.9 Å². The number of nitrogens with zero attached hydrogens (tertiary/aromatic N) is 2. The van der Waals surface area contributed by atoms with Crippen molar-refractivity contribution in [3.63, 3.8) is 0 Å². The summed E-state index contributed by atoms with van der Waals surface area (Å²) in [4.78, 5) is 12.2. The lowest BCUT2D eigenvalue weighted by molar-refractivity contribution is 0.0954. The minimum absolute atomic E-state index is 0.307. The van der Waals surface area contributed by atoms with E-state index in [1.54, 1.807) is 55.6 Å². The molecule has 0 bridgehead atoms. The number of benzene rings is 3. The third-order valence-corrected chi connectivity index (χ3v) is 4.83. The molecule has 0 aliphatic rings. The second-order valence-electron chi connectivity index (χ2n) is 6.19. The zero-order chi connectivity index (χ0) is 21.3. The lowest BCUT2D eigenvalue weighted by Gasteiger charge is -2.11. The van der Waals surface area contributed by atoms with E-state index < -0.39 is 0 Å². The predicted octanol–water partition coefficient (Wildman–Crippen LogP) is 4.67. The van der Waals surface area contributed by atoms with Crippen molar-refractivity contribution < 1.29 is 14.3 Å². The molecule has 0 fully saturated rings. The summed E-state index contributed by atoms with van der Waals surface area (Å²) in [5, 5.41) is 13.0. The highest BCUT2D eigenvalue weighted by molar-refractivity contribution is 9.10. The molecule has 0 saturated heterocycles. The van der Waals surface area contributed by atoms with Crippen molar-refractivity contribution in [3.8, 4) is 17.6 Å². The van der Waals surface area contributed by atoms with Gasteiger partial charge in [-0.15, -0.1) is 0 Å². The second kappa shape index (κ2) is 10.2. The van der Waals surface area contributed by atoms with Crippen molar-refractivity contribution in [1.29, 1.82) is 5.26 Å². The highest BCUT2D eigenvalue weighted by Crippen LogP contribution is 2.28. The van der Waals surface area contributed by atoms with E-state index in [-0.39, 0.29) is 5.91 Å². The van der Waals surface area contributed by atoms with Gasteiger partial charge < -0.3 is 9.47 Å². The summed E-state index contributed by atoms with van der Waals surface area (Å²) < 4.78 is 11.9. The Labute approximate surface area is 182 Å². The lowest BCUT2D eigenvalue weighted by Crippen LogP contribution is -2.18. The molecule has 3 rings (SSSR count). The smallest absolute Gasteiger partial charge is 0.272 e. The first-order valence-electron chi connectivity index (χ1n) is 8.98. The van der Waals surface area contributed by atoms with E-state index in [0.29, 0.717) is 33.7 Å². The van der Waals surface area contributed by atoms with Gasteiger partial charge >= 0.3 is 0 Å². The Morgan fingerprint density at radius 3 is 2.73 bits per heavy atom. The topological polar surface area (TPSA) is 83.7 Å². The van der Waals surface area contributed by atoms with E-state index in [1.165, 1.54) is 6.21 Å². The fourth-order valence-electron chi connectivity index (χ4n) is 2.65. The highest BCUT2D eigenvalue weighted by atomic mass is 79.9. The molecule has 0 radical (unpaired) electrons. The Kier molecular flexibility index (Phi) is 7.19. The molecule has 0 aliphatic carbocycles. The van der Waals surface area contributed by atoms with Crippen LogP contribution in [0.1, 0.15) is 27.0 Å². The number of nitrogens with one attached hydrogen (secondary N) is 1. The van der Waals surface area contributed by atoms with Crippen LogP contribution in [0.3, 0.4) is 0 Å². The average Bonchev–Trinajstić information content (AvgIpc) is 2.78. The van der Waals surface area contributed by atoms with E-state index in [2.05, 4.69) is 32.5 Å². The molecule has 1 N–H and O–H groups in total. The molecule has 0 saturated carbocycles. The molecular weight excluding hydrogens is 446 g/mol. The first-order chi connectivity index (χ1) is 14.6. The zero-order valence-electron chi connectivity index (χ0n) is 16.1. The maximum absolute atomic E-state index is 12.2. The van der Waals surface area contributed by atoms with Crippen LogP contribution < -0.4 is 14.9 Å². The molecule has 6 nitrogen and oxygen atoms in total. The molecule has 0 aromatic heterocycles. The Balaban J connectivity index is 1.65. The maximum atomic E-state index is 12.2. The van der Waals surface area contributed by atoms with Gasteiger partial charge in [-0.25, -0.2) is 5.43 Å². The maximum Gasteiger partial charge on any atom is 0.272 e. The molecule has 30 heavy (non-hydrogen) atoms. The van der Waals surface area contributed by atoms with Gasteiger partial charge in [0.1, 0.15) is 6.61 Å². The summed E-state index contributed by atoms with van der Waals surface area (Å²) >= 11 is 3.34. The summed E-state index contributed by atoms with van der Waals surface area (Å²) in [5.41, 5.74) is 5.20. The molecule has 0 spiro atoms. The number of carbonyl (C=O) groups is 1. The number of halogens is 1. The van der Waals surface area contributed by atoms with Gasteiger partial charge in [-0.3, -0.25) is 4.79 Å². The summed E-state index contributed by atoms with van der Waals surface area (Å²) in [6.07, 6.45) is 1.53. The van der Waals surface area contributed by atoms with E-state index in [9.17, 15) is 4.79 Å². The van der Waals surface area contributed by atoms with Crippen molar-refractivity contribution in [2.24, 2.45) is 5.10 Å². The number of methoxy groups -OCH3 is 1. The van der Waals surface area contributed by atoms with E-state index in [4.69, 9.17) is 14.7 Å². The summed E-state index contributed by atoms with van der Waals surface area (Å²) in [6.45, 7) is 0.307. The van der Waals surface area contributed by atoms with Crippen molar-refractivity contribution in [2.75, 3.05) is 7.11 Å². The number of hydrogen-bond acceptors (Lipinski definition) is 5. The molecule has 0 heterocycles. The van der Waals surface area contributed by atoms with Crippen LogP contribution in [-0.4, -0.2) is 19.2 Å². The molecule has 7 heteroatoms. The normalized spacial score (nSPS) is 10.4. The van der Waals surface area contributed by atoms with E-state index in [1.807, 2.05) is 18.2 Å². The minimum atomic E-state index is -0.315. The standard InChI is InChI=1S/C23H18BrN3O3/c1-29-22-12-17(14-26-27-23(28)19-7-2-3-8-20(19)24)9-10-21(22)30-15-18-6-4-5-16(11-18)13-25/h2-12,14H,15H2,1H3,(H,27,28)/b26-14+. The molecule has 0 atom stereocenters. The molecule has 3 aromatic carbocycles. The Bertz CT molecular complexity index is 1120. The van der Waals surface area contributed by atoms with Crippen molar-refractivity contribution in [3.05, 3.63) is 93.5 Å². The fourth-order valence-corrected chi connectivity index (χ4v) is 3.11. The monoisotopic (exact) mass is 463 g/mol. The van der Waals surface area contributed by atoms with Gasteiger partial charge in [0.25, 0.3) is 5.91 Å². The highest BCUT2D eigenvalue weighted by Gasteiger charge is 2.08. The average molecular weight is 464 g/mol. The SMILES string of the molecule is COc1cc(/C=N/NC(=O)c2ccccc2Br)ccc1OCc1cccc(C#N)c1. The molecule has 0 unspecified atom stereocenters. The summed E-state index contributed by atoms with van der Waals surface area (Å²) in [7, 11) is 1.55. The number of hydrogen-bond donors (Lipinski definition) is 1.